The number of rotatable bonds is 4. The van der Waals surface area contributed by atoms with Gasteiger partial charge in [0, 0.05) is 10.0 Å². The molecule has 0 saturated carbocycles. The lowest BCUT2D eigenvalue weighted by atomic mass is 9.92. The Bertz CT molecular complexity index is 851. The van der Waals surface area contributed by atoms with Crippen LogP contribution in [0.1, 0.15) is 18.1 Å². The second-order valence-corrected chi connectivity index (χ2v) is 6.52. The normalized spacial score (nSPS) is 20.2. The van der Waals surface area contributed by atoms with E-state index in [1.807, 2.05) is 24.3 Å². The summed E-state index contributed by atoms with van der Waals surface area (Å²) in [5, 5.41) is 7.62. The van der Waals surface area contributed by atoms with Gasteiger partial charge in [0.05, 0.1) is 13.3 Å². The third-order valence-electron chi connectivity index (χ3n) is 4.05. The van der Waals surface area contributed by atoms with E-state index in [2.05, 4.69) is 26.3 Å². The number of nitrogens with zero attached hydrogens (tertiary/aromatic N) is 2. The highest BCUT2D eigenvalue weighted by molar-refractivity contribution is 9.10. The van der Waals surface area contributed by atoms with Gasteiger partial charge in [0.25, 0.3) is 5.91 Å². The number of amides is 3. The molecule has 0 radical (unpaired) electrons. The maximum atomic E-state index is 12.8. The fourth-order valence-corrected chi connectivity index (χ4v) is 2.94. The standard InChI is InChI=1S/C18H16BrN3O3/c1-18(13-7-9-14(25-2)10-8-13)16(23)22(17(24)21-18)20-11-12-5-3-4-6-15(12)19/h3-11H,1-2H3,(H,21,24)/b20-11-/t18-/m0/s1. The van der Waals surface area contributed by atoms with Crippen molar-refractivity contribution in [3.05, 3.63) is 64.1 Å². The second kappa shape index (κ2) is 6.68. The Balaban J connectivity index is 1.87. The van der Waals surface area contributed by atoms with Crippen molar-refractivity contribution < 1.29 is 14.3 Å². The van der Waals surface area contributed by atoms with Gasteiger partial charge in [0.2, 0.25) is 0 Å². The fraction of sp³-hybridized carbons (Fsp3) is 0.167. The van der Waals surface area contributed by atoms with Gasteiger partial charge < -0.3 is 10.1 Å². The molecule has 1 saturated heterocycles. The van der Waals surface area contributed by atoms with Gasteiger partial charge in [-0.2, -0.15) is 5.10 Å². The number of benzene rings is 2. The van der Waals surface area contributed by atoms with Crippen LogP contribution in [0.25, 0.3) is 0 Å². The molecule has 3 rings (SSSR count). The Morgan fingerprint density at radius 1 is 1.16 bits per heavy atom. The molecule has 0 aliphatic carbocycles. The molecule has 1 heterocycles. The van der Waals surface area contributed by atoms with Crippen LogP contribution in [0.5, 0.6) is 5.75 Å². The minimum Gasteiger partial charge on any atom is -0.497 e. The summed E-state index contributed by atoms with van der Waals surface area (Å²) in [6.07, 6.45) is 1.47. The monoisotopic (exact) mass is 401 g/mol. The SMILES string of the molecule is COc1ccc([C@]2(C)NC(=O)N(/N=C\c3ccccc3Br)C2=O)cc1. The van der Waals surface area contributed by atoms with E-state index >= 15 is 0 Å². The number of methoxy groups -OCH3 is 1. The molecule has 0 spiro atoms. The van der Waals surface area contributed by atoms with Gasteiger partial charge in [-0.05, 0) is 30.7 Å². The molecule has 3 amide bonds. The largest absolute Gasteiger partial charge is 0.497 e. The zero-order chi connectivity index (χ0) is 18.0. The minimum absolute atomic E-state index is 0.439. The summed E-state index contributed by atoms with van der Waals surface area (Å²) >= 11 is 3.40. The average Bonchev–Trinajstić information content (AvgIpc) is 2.84. The molecule has 0 bridgehead atoms. The van der Waals surface area contributed by atoms with Crippen molar-refractivity contribution in [1.29, 1.82) is 0 Å². The van der Waals surface area contributed by atoms with Gasteiger partial charge in [0.15, 0.2) is 0 Å². The maximum Gasteiger partial charge on any atom is 0.346 e. The van der Waals surface area contributed by atoms with Crippen LogP contribution in [0.3, 0.4) is 0 Å². The van der Waals surface area contributed by atoms with Gasteiger partial charge in [-0.3, -0.25) is 4.79 Å². The molecule has 1 atom stereocenters. The highest BCUT2D eigenvalue weighted by Crippen LogP contribution is 2.30. The second-order valence-electron chi connectivity index (χ2n) is 5.67. The minimum atomic E-state index is -1.17. The smallest absolute Gasteiger partial charge is 0.346 e. The molecule has 1 aliphatic heterocycles. The summed E-state index contributed by atoms with van der Waals surface area (Å²) in [4.78, 5) is 25.0. The first kappa shape index (κ1) is 17.2. The number of nitrogens with one attached hydrogen (secondary N) is 1. The Labute approximate surface area is 153 Å². The lowest BCUT2D eigenvalue weighted by molar-refractivity contribution is -0.131. The van der Waals surface area contributed by atoms with Crippen LogP contribution in [-0.2, 0) is 10.3 Å². The Morgan fingerprint density at radius 3 is 2.48 bits per heavy atom. The first-order valence-electron chi connectivity index (χ1n) is 7.55. The van der Waals surface area contributed by atoms with Crippen LogP contribution < -0.4 is 10.1 Å². The first-order chi connectivity index (χ1) is 12.0. The third-order valence-corrected chi connectivity index (χ3v) is 4.78. The molecule has 2 aromatic rings. The molecule has 2 aromatic carbocycles. The van der Waals surface area contributed by atoms with E-state index in [0.717, 1.165) is 15.0 Å². The maximum absolute atomic E-state index is 12.8. The van der Waals surface area contributed by atoms with Gasteiger partial charge in [-0.15, -0.1) is 5.01 Å². The highest BCUT2D eigenvalue weighted by Gasteiger charge is 2.49. The molecule has 0 unspecified atom stereocenters. The molecule has 25 heavy (non-hydrogen) atoms. The number of hydrogen-bond acceptors (Lipinski definition) is 4. The lowest BCUT2D eigenvalue weighted by Crippen LogP contribution is -2.40. The number of carbonyl (C=O) groups excluding carboxylic acids is 2. The molecule has 6 nitrogen and oxygen atoms in total. The lowest BCUT2D eigenvalue weighted by Gasteiger charge is -2.21. The van der Waals surface area contributed by atoms with E-state index in [1.54, 1.807) is 38.3 Å². The van der Waals surface area contributed by atoms with Crippen LogP contribution in [0.4, 0.5) is 4.79 Å². The number of hydrogen-bond donors (Lipinski definition) is 1. The van der Waals surface area contributed by atoms with Crippen LogP contribution in [0.2, 0.25) is 0 Å². The summed E-state index contributed by atoms with van der Waals surface area (Å²) < 4.78 is 5.94. The van der Waals surface area contributed by atoms with E-state index in [4.69, 9.17) is 4.74 Å². The van der Waals surface area contributed by atoms with Crippen molar-refractivity contribution in [2.45, 2.75) is 12.5 Å². The van der Waals surface area contributed by atoms with E-state index in [9.17, 15) is 9.59 Å². The van der Waals surface area contributed by atoms with Crippen LogP contribution in [-0.4, -0.2) is 30.3 Å². The van der Waals surface area contributed by atoms with Crippen LogP contribution in [0, 0.1) is 0 Å². The van der Waals surface area contributed by atoms with E-state index in [0.29, 0.717) is 11.3 Å². The highest BCUT2D eigenvalue weighted by atomic mass is 79.9. The number of ether oxygens (including phenoxy) is 1. The number of halogens is 1. The Morgan fingerprint density at radius 2 is 1.84 bits per heavy atom. The van der Waals surface area contributed by atoms with Gasteiger partial charge in [-0.1, -0.05) is 46.3 Å². The summed E-state index contributed by atoms with van der Waals surface area (Å²) in [6.45, 7) is 1.66. The summed E-state index contributed by atoms with van der Waals surface area (Å²) in [6, 6.07) is 13.8. The number of urea groups is 1. The molecule has 128 valence electrons. The van der Waals surface area contributed by atoms with Gasteiger partial charge >= 0.3 is 6.03 Å². The molecule has 7 heteroatoms. The van der Waals surface area contributed by atoms with Crippen molar-refractivity contribution in [2.75, 3.05) is 7.11 Å². The molecular weight excluding hydrogens is 386 g/mol. The topological polar surface area (TPSA) is 71.0 Å². The van der Waals surface area contributed by atoms with Crippen LogP contribution in [0.15, 0.2) is 58.1 Å². The molecule has 1 fully saturated rings. The summed E-state index contributed by atoms with van der Waals surface area (Å²) in [7, 11) is 1.57. The zero-order valence-corrected chi connectivity index (χ0v) is 15.3. The molecule has 0 aromatic heterocycles. The third kappa shape index (κ3) is 3.15. The Hall–Kier alpha value is -2.67. The molecular formula is C18H16BrN3O3. The molecule has 1 N–H and O–H groups in total. The van der Waals surface area contributed by atoms with E-state index in [-0.39, 0.29) is 0 Å². The van der Waals surface area contributed by atoms with Crippen molar-refractivity contribution in [1.82, 2.24) is 10.3 Å². The van der Waals surface area contributed by atoms with Crippen molar-refractivity contribution in [2.24, 2.45) is 5.10 Å². The van der Waals surface area contributed by atoms with E-state index < -0.39 is 17.5 Å². The van der Waals surface area contributed by atoms with Crippen molar-refractivity contribution >= 4 is 34.1 Å². The first-order valence-corrected chi connectivity index (χ1v) is 8.35. The van der Waals surface area contributed by atoms with Gasteiger partial charge in [0.1, 0.15) is 11.3 Å². The Kier molecular flexibility index (Phi) is 4.59. The molecule has 1 aliphatic rings. The van der Waals surface area contributed by atoms with Crippen molar-refractivity contribution in [3.63, 3.8) is 0 Å². The number of imide groups is 1. The van der Waals surface area contributed by atoms with Crippen LogP contribution >= 0.6 is 15.9 Å². The predicted octanol–water partition coefficient (Wildman–Crippen LogP) is 3.26. The zero-order valence-electron chi connectivity index (χ0n) is 13.7. The quantitative estimate of drug-likeness (QED) is 0.631. The predicted molar refractivity (Wildman–Crippen MR) is 97.5 cm³/mol. The summed E-state index contributed by atoms with van der Waals surface area (Å²) in [5.74, 6) is 0.235. The fourth-order valence-electron chi connectivity index (χ4n) is 2.55. The van der Waals surface area contributed by atoms with E-state index in [1.165, 1.54) is 6.21 Å². The number of hydrazone groups is 1. The van der Waals surface area contributed by atoms with Gasteiger partial charge in [-0.25, -0.2) is 4.79 Å². The average molecular weight is 402 g/mol. The summed E-state index contributed by atoms with van der Waals surface area (Å²) in [5.41, 5.74) is 0.251. The number of carbonyl (C=O) groups is 2. The van der Waals surface area contributed by atoms with Crippen molar-refractivity contribution in [3.8, 4) is 5.75 Å².